The molecule has 1 aromatic carbocycles. The molecule has 2 rings (SSSR count). The van der Waals surface area contributed by atoms with Gasteiger partial charge < -0.3 is 10.2 Å². The molecule has 19 heavy (non-hydrogen) atoms. The fourth-order valence-electron chi connectivity index (χ4n) is 2.19. The minimum atomic E-state index is -0.779. The predicted molar refractivity (Wildman–Crippen MR) is 73.0 cm³/mol. The molecule has 2 amide bonds. The molecule has 0 spiro atoms. The van der Waals surface area contributed by atoms with Gasteiger partial charge in [-0.2, -0.15) is 0 Å². The molecule has 0 radical (unpaired) electrons. The van der Waals surface area contributed by atoms with Crippen LogP contribution >= 0.6 is 15.9 Å². The van der Waals surface area contributed by atoms with Crippen molar-refractivity contribution in [1.29, 1.82) is 0 Å². The highest BCUT2D eigenvalue weighted by atomic mass is 79.9. The van der Waals surface area contributed by atoms with Gasteiger partial charge in [-0.25, -0.2) is 13.6 Å². The van der Waals surface area contributed by atoms with Crippen molar-refractivity contribution < 1.29 is 13.6 Å². The Labute approximate surface area is 119 Å². The van der Waals surface area contributed by atoms with Gasteiger partial charge in [-0.15, -0.1) is 0 Å². The standard InChI is InChI=1S/C13H15BrF2N2O/c1-8-3-2-4-18(7-8)13(19)17-12-5-9(14)10(15)6-11(12)16/h5-6,8H,2-4,7H2,1H3,(H,17,19). The molecule has 3 nitrogen and oxygen atoms in total. The van der Waals surface area contributed by atoms with E-state index in [1.807, 2.05) is 0 Å². The fraction of sp³-hybridized carbons (Fsp3) is 0.462. The fourth-order valence-corrected chi connectivity index (χ4v) is 2.53. The summed E-state index contributed by atoms with van der Waals surface area (Å²) in [6.07, 6.45) is 2.05. The Kier molecular flexibility index (Phi) is 4.39. The van der Waals surface area contributed by atoms with Crippen molar-refractivity contribution in [2.24, 2.45) is 5.92 Å². The smallest absolute Gasteiger partial charge is 0.321 e. The summed E-state index contributed by atoms with van der Waals surface area (Å²) in [7, 11) is 0. The summed E-state index contributed by atoms with van der Waals surface area (Å²) < 4.78 is 26.8. The molecule has 1 unspecified atom stereocenters. The summed E-state index contributed by atoms with van der Waals surface area (Å²) in [5.41, 5.74) is -0.0171. The van der Waals surface area contributed by atoms with Crippen LogP contribution in [0.25, 0.3) is 0 Å². The third-order valence-corrected chi connectivity index (χ3v) is 3.80. The Balaban J connectivity index is 2.08. The molecule has 1 aliphatic heterocycles. The first kappa shape index (κ1) is 14.2. The Morgan fingerprint density at radius 3 is 2.84 bits per heavy atom. The van der Waals surface area contributed by atoms with Crippen LogP contribution in [0.15, 0.2) is 16.6 Å². The van der Waals surface area contributed by atoms with Gasteiger partial charge in [-0.3, -0.25) is 0 Å². The average Bonchev–Trinajstić information content (AvgIpc) is 2.36. The predicted octanol–water partition coefficient (Wildman–Crippen LogP) is 3.99. The van der Waals surface area contributed by atoms with Crippen molar-refractivity contribution >= 4 is 27.6 Å². The van der Waals surface area contributed by atoms with E-state index in [0.29, 0.717) is 19.0 Å². The van der Waals surface area contributed by atoms with Crippen LogP contribution in [0.2, 0.25) is 0 Å². The summed E-state index contributed by atoms with van der Waals surface area (Å²) in [5, 5.41) is 2.48. The van der Waals surface area contributed by atoms with E-state index in [4.69, 9.17) is 0 Å². The molecule has 1 atom stereocenters. The zero-order chi connectivity index (χ0) is 14.0. The summed E-state index contributed by atoms with van der Waals surface area (Å²) in [6.45, 7) is 3.41. The van der Waals surface area contributed by atoms with Crippen LogP contribution in [-0.2, 0) is 0 Å². The summed E-state index contributed by atoms with van der Waals surface area (Å²) in [6, 6.07) is 1.64. The number of carbonyl (C=O) groups is 1. The van der Waals surface area contributed by atoms with Gasteiger partial charge in [0.05, 0.1) is 10.2 Å². The lowest BCUT2D eigenvalue weighted by molar-refractivity contribution is 0.182. The molecular weight excluding hydrogens is 318 g/mol. The molecule has 104 valence electrons. The summed E-state index contributed by atoms with van der Waals surface area (Å²) >= 11 is 2.97. The van der Waals surface area contributed by atoms with Crippen LogP contribution in [0.4, 0.5) is 19.3 Å². The number of likely N-dealkylation sites (tertiary alicyclic amines) is 1. The third-order valence-electron chi connectivity index (χ3n) is 3.20. The number of piperidine rings is 1. The number of amides is 2. The lowest BCUT2D eigenvalue weighted by atomic mass is 10.0. The van der Waals surface area contributed by atoms with Gasteiger partial charge in [0.1, 0.15) is 11.6 Å². The van der Waals surface area contributed by atoms with Gasteiger partial charge in [0.25, 0.3) is 0 Å². The first-order valence-corrected chi connectivity index (χ1v) is 6.97. The van der Waals surface area contributed by atoms with E-state index in [9.17, 15) is 13.6 Å². The molecule has 0 saturated carbocycles. The van der Waals surface area contributed by atoms with Crippen molar-refractivity contribution in [3.63, 3.8) is 0 Å². The maximum atomic E-state index is 13.5. The second-order valence-electron chi connectivity index (χ2n) is 4.87. The molecule has 0 aromatic heterocycles. The lowest BCUT2D eigenvalue weighted by Crippen LogP contribution is -2.41. The Morgan fingerprint density at radius 2 is 2.16 bits per heavy atom. The normalized spacial score (nSPS) is 19.4. The molecule has 0 bridgehead atoms. The summed E-state index contributed by atoms with van der Waals surface area (Å²) in [4.78, 5) is 13.7. The SMILES string of the molecule is CC1CCCN(C(=O)Nc2cc(Br)c(F)cc2F)C1. The van der Waals surface area contributed by atoms with Crippen LogP contribution in [0.3, 0.4) is 0 Å². The maximum absolute atomic E-state index is 13.5. The maximum Gasteiger partial charge on any atom is 0.321 e. The minimum Gasteiger partial charge on any atom is -0.324 e. The van der Waals surface area contributed by atoms with E-state index in [0.717, 1.165) is 18.9 Å². The Morgan fingerprint density at radius 1 is 1.42 bits per heavy atom. The number of nitrogens with one attached hydrogen (secondary N) is 1. The van der Waals surface area contributed by atoms with E-state index in [1.54, 1.807) is 4.90 Å². The third kappa shape index (κ3) is 3.43. The van der Waals surface area contributed by atoms with Crippen molar-refractivity contribution in [2.45, 2.75) is 19.8 Å². The van der Waals surface area contributed by atoms with Crippen LogP contribution < -0.4 is 5.32 Å². The quantitative estimate of drug-likeness (QED) is 0.775. The van der Waals surface area contributed by atoms with Crippen LogP contribution in [0, 0.1) is 17.6 Å². The highest BCUT2D eigenvalue weighted by Crippen LogP contribution is 2.24. The molecule has 1 aromatic rings. The summed E-state index contributed by atoms with van der Waals surface area (Å²) in [5.74, 6) is -1.02. The molecule has 1 heterocycles. The van der Waals surface area contributed by atoms with Crippen LogP contribution in [0.5, 0.6) is 0 Å². The molecule has 1 aliphatic rings. The lowest BCUT2D eigenvalue weighted by Gasteiger charge is -2.31. The zero-order valence-corrected chi connectivity index (χ0v) is 12.1. The first-order valence-electron chi connectivity index (χ1n) is 6.18. The number of carbonyl (C=O) groups excluding carboxylic acids is 1. The van der Waals surface area contributed by atoms with E-state index in [-0.39, 0.29) is 16.2 Å². The Hall–Kier alpha value is -1.17. The van der Waals surface area contributed by atoms with Crippen molar-refractivity contribution in [3.05, 3.63) is 28.2 Å². The topological polar surface area (TPSA) is 32.3 Å². The number of benzene rings is 1. The van der Waals surface area contributed by atoms with Crippen molar-refractivity contribution in [2.75, 3.05) is 18.4 Å². The highest BCUT2D eigenvalue weighted by molar-refractivity contribution is 9.10. The first-order chi connectivity index (χ1) is 8.97. The van der Waals surface area contributed by atoms with Gasteiger partial charge in [0, 0.05) is 19.2 Å². The molecule has 1 fully saturated rings. The molecule has 0 aliphatic carbocycles. The van der Waals surface area contributed by atoms with E-state index < -0.39 is 11.6 Å². The second kappa shape index (κ2) is 5.86. The number of anilines is 1. The molecule has 6 heteroatoms. The molecular formula is C13H15BrF2N2O. The van der Waals surface area contributed by atoms with Crippen LogP contribution in [-0.4, -0.2) is 24.0 Å². The van der Waals surface area contributed by atoms with E-state index in [1.165, 1.54) is 6.07 Å². The number of hydrogen-bond acceptors (Lipinski definition) is 1. The zero-order valence-electron chi connectivity index (χ0n) is 10.5. The number of nitrogens with zero attached hydrogens (tertiary/aromatic N) is 1. The Bertz CT molecular complexity index is 496. The van der Waals surface area contributed by atoms with Crippen molar-refractivity contribution in [3.8, 4) is 0 Å². The highest BCUT2D eigenvalue weighted by Gasteiger charge is 2.22. The van der Waals surface area contributed by atoms with Gasteiger partial charge in [-0.1, -0.05) is 6.92 Å². The van der Waals surface area contributed by atoms with E-state index >= 15 is 0 Å². The van der Waals surface area contributed by atoms with Gasteiger partial charge in [0.2, 0.25) is 0 Å². The van der Waals surface area contributed by atoms with Crippen LogP contribution in [0.1, 0.15) is 19.8 Å². The number of halogens is 3. The van der Waals surface area contributed by atoms with E-state index in [2.05, 4.69) is 28.2 Å². The number of rotatable bonds is 1. The average molecular weight is 333 g/mol. The van der Waals surface area contributed by atoms with Crippen molar-refractivity contribution in [1.82, 2.24) is 4.90 Å². The van der Waals surface area contributed by atoms with Gasteiger partial charge in [0.15, 0.2) is 0 Å². The largest absolute Gasteiger partial charge is 0.324 e. The van der Waals surface area contributed by atoms with Gasteiger partial charge in [-0.05, 0) is 40.8 Å². The monoisotopic (exact) mass is 332 g/mol. The molecule has 1 saturated heterocycles. The molecule has 1 N–H and O–H groups in total. The van der Waals surface area contributed by atoms with Gasteiger partial charge >= 0.3 is 6.03 Å². The minimum absolute atomic E-state index is 0.0171. The number of hydrogen-bond donors (Lipinski definition) is 1. The second-order valence-corrected chi connectivity index (χ2v) is 5.72. The number of urea groups is 1.